The summed E-state index contributed by atoms with van der Waals surface area (Å²) in [5, 5.41) is 45.1. The Bertz CT molecular complexity index is 3940. The molecule has 492 valence electrons. The van der Waals surface area contributed by atoms with Crippen LogP contribution >= 0.6 is 23.5 Å². The molecule has 2 unspecified atom stereocenters. The number of ether oxygens (including phenoxy) is 2. The van der Waals surface area contributed by atoms with Crippen molar-refractivity contribution >= 4 is 84.9 Å². The first-order valence-corrected chi connectivity index (χ1v) is 35.6. The second-order valence-electron chi connectivity index (χ2n) is 23.3. The van der Waals surface area contributed by atoms with Gasteiger partial charge < -0.3 is 30.5 Å². The van der Waals surface area contributed by atoms with Gasteiger partial charge in [0.1, 0.15) is 23.1 Å². The number of tetrazole rings is 2. The summed E-state index contributed by atoms with van der Waals surface area (Å²) in [6.07, 6.45) is 18.6. The molecule has 22 nitrogen and oxygen atoms in total. The average Bonchev–Trinajstić information content (AvgIpc) is 1.81. The third-order valence-electron chi connectivity index (χ3n) is 16.1. The van der Waals surface area contributed by atoms with Crippen molar-refractivity contribution in [3.05, 3.63) is 144 Å². The predicted octanol–water partition coefficient (Wildman–Crippen LogP) is 13.5. The van der Waals surface area contributed by atoms with Crippen LogP contribution in [0.3, 0.4) is 0 Å². The Hall–Kier alpha value is -8.55. The van der Waals surface area contributed by atoms with Crippen LogP contribution in [0, 0.1) is 13.8 Å². The molecule has 2 atom stereocenters. The van der Waals surface area contributed by atoms with Crippen molar-refractivity contribution in [2.45, 2.75) is 164 Å². The van der Waals surface area contributed by atoms with E-state index in [1.807, 2.05) is 75.4 Å². The number of nitrogens with one attached hydrogen (secondary N) is 2. The Kier molecular flexibility index (Phi) is 25.0. The largest absolute Gasteiger partial charge is 0.506 e. The number of phenols is 1. The Morgan fingerprint density at radius 1 is 0.720 bits per heavy atom. The number of hydrogen-bond acceptors (Lipinski definition) is 18. The third-order valence-corrected chi connectivity index (χ3v) is 19.6. The van der Waals surface area contributed by atoms with Crippen LogP contribution < -0.4 is 30.3 Å². The highest BCUT2D eigenvalue weighted by Gasteiger charge is 2.42. The topological polar surface area (TPSA) is 280 Å². The molecule has 25 heteroatoms. The van der Waals surface area contributed by atoms with E-state index >= 15 is 0 Å². The highest BCUT2D eigenvalue weighted by Crippen LogP contribution is 2.41. The SMILES string of the molecule is CCC(Oc1ccc(C)cc1C)C(=O)Nc1ccc(N2N=C(N3CCCC3)C(Sc3nnnn3-c3ccccc3)C2=O)cc1.CCCCCCCCCCCCCCCCS(=O)(=O)Nc1cc(CSc2nnnn2C)ccc1Oc1cc(C(N)=O)c(O)c2ccccc12. The molecule has 10 rings (SSSR count). The fourth-order valence-corrected chi connectivity index (χ4v) is 14.1. The van der Waals surface area contributed by atoms with Crippen LogP contribution in [0.4, 0.5) is 17.1 Å². The van der Waals surface area contributed by atoms with E-state index in [1.165, 1.54) is 98.8 Å². The number of para-hydroxylation sites is 1. The number of hydrogen-bond donors (Lipinski definition) is 4. The molecule has 2 aliphatic heterocycles. The number of anilines is 3. The van der Waals surface area contributed by atoms with Gasteiger partial charge in [0.15, 0.2) is 17.1 Å². The number of nitrogens with two attached hydrogens (primary N) is 1. The molecule has 93 heavy (non-hydrogen) atoms. The van der Waals surface area contributed by atoms with Gasteiger partial charge in [0.05, 0.1) is 28.4 Å². The van der Waals surface area contributed by atoms with E-state index in [2.05, 4.69) is 52.9 Å². The second-order valence-corrected chi connectivity index (χ2v) is 27.2. The molecule has 8 aromatic rings. The molecule has 0 saturated carbocycles. The fraction of sp³-hybridized carbons (Fsp3) is 0.412. The maximum absolute atomic E-state index is 13.9. The molecule has 0 aliphatic carbocycles. The zero-order chi connectivity index (χ0) is 65.7. The number of amidine groups is 1. The molecule has 4 heterocycles. The lowest BCUT2D eigenvalue weighted by molar-refractivity contribution is -0.122. The number of aromatic hydroxyl groups is 1. The normalized spacial score (nSPS) is 14.2. The molecule has 2 aromatic heterocycles. The van der Waals surface area contributed by atoms with E-state index in [4.69, 9.17) is 20.3 Å². The number of thioether (sulfide) groups is 2. The van der Waals surface area contributed by atoms with E-state index in [0.29, 0.717) is 62.6 Å². The van der Waals surface area contributed by atoms with E-state index in [0.717, 1.165) is 67.6 Å². The molecular weight excluding hydrogens is 1240 g/mol. The number of fused-ring (bicyclic) bond motifs is 1. The van der Waals surface area contributed by atoms with Crippen LogP contribution in [0.25, 0.3) is 16.5 Å². The van der Waals surface area contributed by atoms with Gasteiger partial charge in [0.25, 0.3) is 17.7 Å². The van der Waals surface area contributed by atoms with Crippen LogP contribution in [0.1, 0.15) is 150 Å². The lowest BCUT2D eigenvalue weighted by Gasteiger charge is -2.20. The van der Waals surface area contributed by atoms with E-state index in [9.17, 15) is 27.9 Å². The summed E-state index contributed by atoms with van der Waals surface area (Å²) >= 11 is 2.71. The number of rotatable bonds is 32. The molecule has 0 spiro atoms. The summed E-state index contributed by atoms with van der Waals surface area (Å²) in [7, 11) is -1.96. The van der Waals surface area contributed by atoms with Crippen molar-refractivity contribution < 1.29 is 37.4 Å². The molecule has 1 fully saturated rings. The maximum Gasteiger partial charge on any atom is 0.268 e. The summed E-state index contributed by atoms with van der Waals surface area (Å²) in [6, 6.07) is 36.1. The van der Waals surface area contributed by atoms with Gasteiger partial charge in [-0.05, 0) is 132 Å². The van der Waals surface area contributed by atoms with Gasteiger partial charge in [-0.25, -0.2) is 13.1 Å². The number of aryl methyl sites for hydroxylation is 3. The Balaban J connectivity index is 0.000000220. The van der Waals surface area contributed by atoms with Crippen molar-refractivity contribution in [1.29, 1.82) is 0 Å². The first-order chi connectivity index (χ1) is 45.1. The van der Waals surface area contributed by atoms with Gasteiger partial charge in [-0.1, -0.05) is 187 Å². The minimum atomic E-state index is -3.71. The van der Waals surface area contributed by atoms with Crippen LogP contribution in [0.2, 0.25) is 0 Å². The number of amides is 3. The first-order valence-electron chi connectivity index (χ1n) is 32.1. The van der Waals surface area contributed by atoms with Gasteiger partial charge in [0.2, 0.25) is 20.3 Å². The summed E-state index contributed by atoms with van der Waals surface area (Å²) in [5.74, 6) is 0.890. The molecule has 2 aliphatic rings. The predicted molar refractivity (Wildman–Crippen MR) is 367 cm³/mol. The number of likely N-dealkylation sites (tertiary alicyclic amines) is 1. The van der Waals surface area contributed by atoms with Crippen molar-refractivity contribution in [1.82, 2.24) is 45.3 Å². The summed E-state index contributed by atoms with van der Waals surface area (Å²) in [5.41, 5.74) is 10.7. The summed E-state index contributed by atoms with van der Waals surface area (Å²) in [4.78, 5) is 41.2. The van der Waals surface area contributed by atoms with E-state index in [1.54, 1.807) is 77.1 Å². The average molecular weight is 1320 g/mol. The highest BCUT2D eigenvalue weighted by atomic mass is 32.2. The maximum atomic E-state index is 13.9. The van der Waals surface area contributed by atoms with E-state index in [-0.39, 0.29) is 46.1 Å². The minimum absolute atomic E-state index is 0.0119. The molecule has 0 bridgehead atoms. The fourth-order valence-electron chi connectivity index (χ4n) is 11.0. The second kappa shape index (κ2) is 33.9. The van der Waals surface area contributed by atoms with Gasteiger partial charge >= 0.3 is 0 Å². The first kappa shape index (κ1) is 68.8. The van der Waals surface area contributed by atoms with Gasteiger partial charge in [-0.3, -0.25) is 19.1 Å². The van der Waals surface area contributed by atoms with Crippen LogP contribution in [0.15, 0.2) is 137 Å². The van der Waals surface area contributed by atoms with Crippen LogP contribution in [0.5, 0.6) is 23.0 Å². The van der Waals surface area contributed by atoms with Crippen molar-refractivity contribution in [3.63, 3.8) is 0 Å². The van der Waals surface area contributed by atoms with Crippen LogP contribution in [-0.2, 0) is 32.4 Å². The van der Waals surface area contributed by atoms with Gasteiger partial charge in [-0.2, -0.15) is 14.8 Å². The third kappa shape index (κ3) is 19.1. The monoisotopic (exact) mass is 1320 g/mol. The molecule has 6 aromatic carbocycles. The summed E-state index contributed by atoms with van der Waals surface area (Å²) in [6.45, 7) is 9.84. The zero-order valence-corrected chi connectivity index (χ0v) is 56.0. The Morgan fingerprint density at radius 3 is 2.00 bits per heavy atom. The number of carbonyl (C=O) groups is 3. The lowest BCUT2D eigenvalue weighted by Crippen LogP contribution is -2.37. The number of nitrogens with zero attached hydrogens (tertiary/aromatic N) is 11. The van der Waals surface area contributed by atoms with Crippen molar-refractivity contribution in [3.8, 4) is 28.7 Å². The van der Waals surface area contributed by atoms with Gasteiger partial charge in [-0.15, -0.1) is 10.2 Å². The smallest absolute Gasteiger partial charge is 0.268 e. The molecular formula is C68H84N14O8S3. The van der Waals surface area contributed by atoms with Crippen LogP contribution in [-0.4, -0.2) is 113 Å². The number of benzene rings is 6. The Labute approximate surface area is 552 Å². The highest BCUT2D eigenvalue weighted by molar-refractivity contribution is 8.01. The van der Waals surface area contributed by atoms with Crippen molar-refractivity contribution in [2.75, 3.05) is 33.9 Å². The number of unbranched alkanes of at least 4 members (excludes halogenated alkanes) is 13. The molecule has 5 N–H and O–H groups in total. The number of primary amides is 1. The number of aromatic nitrogens is 8. The van der Waals surface area contributed by atoms with Gasteiger partial charge in [0, 0.05) is 42.3 Å². The summed E-state index contributed by atoms with van der Waals surface area (Å²) < 4.78 is 44.9. The number of sulfonamides is 1. The van der Waals surface area contributed by atoms with E-state index < -0.39 is 27.3 Å². The lowest BCUT2D eigenvalue weighted by atomic mass is 10.0. The zero-order valence-electron chi connectivity index (χ0n) is 53.6. The molecule has 0 radical (unpaired) electrons. The quantitative estimate of drug-likeness (QED) is 0.0225. The number of carbonyl (C=O) groups excluding carboxylic acids is 3. The number of hydrazone groups is 1. The van der Waals surface area contributed by atoms with Crippen molar-refractivity contribution in [2.24, 2.45) is 17.9 Å². The molecule has 1 saturated heterocycles. The molecule has 3 amide bonds. The minimum Gasteiger partial charge on any atom is -0.506 e. The Morgan fingerprint density at radius 2 is 1.35 bits per heavy atom. The standard InChI is InChI=1S/C36H50N6O5S2.C32H34N8O3S/c1-3-4-5-6-7-8-9-10-11-12-13-14-15-18-23-49(45,46)39-31-24-27(26-48-36-38-40-41-42(36)2)21-22-32(31)47-33-25-30(35(37)44)34(43)29-20-17-16-19-28(29)33;1-4-26(43-27-17-12-21(2)20-22(27)3)30(41)33-23-13-15-25(16-14-23)39-31(42)28(29(35-39)38-18-8-9-19-38)44-32-34-36-37-40(32)24-10-6-5-7-11-24/h16-17,19-22,24-25,39,43H,3-15,18,23,26H2,1-2H3,(H2,37,44);5-7,10-17,20,26,28H,4,8-9,18-19H2,1-3H3,(H,33,41).